The highest BCUT2D eigenvalue weighted by Gasteiger charge is 2.10. The van der Waals surface area contributed by atoms with Crippen molar-refractivity contribution in [3.05, 3.63) is 54.4 Å². The first kappa shape index (κ1) is 11.7. The molecule has 0 spiro atoms. The summed E-state index contributed by atoms with van der Waals surface area (Å²) in [6.07, 6.45) is 10.9. The van der Waals surface area contributed by atoms with E-state index in [9.17, 15) is 0 Å². The molecule has 1 atom stereocenters. The lowest BCUT2D eigenvalue weighted by Crippen LogP contribution is -2.18. The fraction of sp³-hybridized carbons (Fsp3) is 0.308. The van der Waals surface area contributed by atoms with Crippen LogP contribution in [0.15, 0.2) is 43.1 Å². The molecule has 0 amide bonds. The first-order valence-corrected chi connectivity index (χ1v) is 5.72. The van der Waals surface area contributed by atoms with E-state index in [-0.39, 0.29) is 6.04 Å². The van der Waals surface area contributed by atoms with Gasteiger partial charge in [-0.25, -0.2) is 0 Å². The normalized spacial score (nSPS) is 12.3. The molecule has 0 aliphatic rings. The Morgan fingerprint density at radius 3 is 2.59 bits per heavy atom. The molecule has 2 aromatic heterocycles. The maximum atomic E-state index is 4.32. The van der Waals surface area contributed by atoms with E-state index in [1.807, 2.05) is 37.8 Å². The zero-order valence-electron chi connectivity index (χ0n) is 9.87. The van der Waals surface area contributed by atoms with Crippen molar-refractivity contribution >= 4 is 0 Å². The topological polar surface area (TPSA) is 50.7 Å². The second-order valence-corrected chi connectivity index (χ2v) is 3.87. The second-order valence-electron chi connectivity index (χ2n) is 3.87. The van der Waals surface area contributed by atoms with Crippen LogP contribution in [0.5, 0.6) is 0 Å². The maximum Gasteiger partial charge on any atom is 0.0756 e. The quantitative estimate of drug-likeness (QED) is 0.847. The number of hydrogen-bond donors (Lipinski definition) is 1. The van der Waals surface area contributed by atoms with Crippen LogP contribution in [0.3, 0.4) is 0 Å². The average Bonchev–Trinajstić information content (AvgIpc) is 2.42. The Kier molecular flexibility index (Phi) is 4.16. The van der Waals surface area contributed by atoms with Gasteiger partial charge in [0.25, 0.3) is 0 Å². The van der Waals surface area contributed by atoms with Crippen molar-refractivity contribution in [2.24, 2.45) is 0 Å². The summed E-state index contributed by atoms with van der Waals surface area (Å²) in [4.78, 5) is 12.4. The Labute approximate surface area is 101 Å². The lowest BCUT2D eigenvalue weighted by Gasteiger charge is -2.14. The van der Waals surface area contributed by atoms with Crippen LogP contribution < -0.4 is 5.32 Å². The molecule has 0 aliphatic carbocycles. The summed E-state index contributed by atoms with van der Waals surface area (Å²) in [7, 11) is 1.95. The van der Waals surface area contributed by atoms with Gasteiger partial charge in [-0.3, -0.25) is 15.0 Å². The van der Waals surface area contributed by atoms with E-state index in [2.05, 4.69) is 20.3 Å². The van der Waals surface area contributed by atoms with Crippen molar-refractivity contribution in [1.82, 2.24) is 20.3 Å². The van der Waals surface area contributed by atoms with Gasteiger partial charge >= 0.3 is 0 Å². The molecule has 0 aliphatic heterocycles. The molecule has 0 radical (unpaired) electrons. The fourth-order valence-electron chi connectivity index (χ4n) is 1.79. The predicted molar refractivity (Wildman–Crippen MR) is 66.4 cm³/mol. The van der Waals surface area contributed by atoms with Gasteiger partial charge in [0, 0.05) is 31.0 Å². The van der Waals surface area contributed by atoms with Gasteiger partial charge in [-0.2, -0.15) is 0 Å². The Morgan fingerprint density at radius 2 is 1.94 bits per heavy atom. The molecule has 1 N–H and O–H groups in total. The first-order valence-electron chi connectivity index (χ1n) is 5.72. The summed E-state index contributed by atoms with van der Waals surface area (Å²) in [6, 6.07) is 4.34. The SMILES string of the molecule is CNC(CCc1ccncc1)c1cnccn1. The van der Waals surface area contributed by atoms with Crippen molar-refractivity contribution in [3.8, 4) is 0 Å². The molecule has 17 heavy (non-hydrogen) atoms. The zero-order valence-corrected chi connectivity index (χ0v) is 9.87. The van der Waals surface area contributed by atoms with Gasteiger partial charge in [-0.1, -0.05) is 0 Å². The van der Waals surface area contributed by atoms with Crippen molar-refractivity contribution in [2.45, 2.75) is 18.9 Å². The highest BCUT2D eigenvalue weighted by atomic mass is 14.9. The van der Waals surface area contributed by atoms with Crippen LogP contribution in [-0.4, -0.2) is 22.0 Å². The number of aryl methyl sites for hydroxylation is 1. The molecule has 2 aromatic rings. The number of rotatable bonds is 5. The number of hydrogen-bond acceptors (Lipinski definition) is 4. The molecule has 0 fully saturated rings. The summed E-state index contributed by atoms with van der Waals surface area (Å²) < 4.78 is 0. The van der Waals surface area contributed by atoms with Crippen LogP contribution >= 0.6 is 0 Å². The van der Waals surface area contributed by atoms with E-state index in [1.165, 1.54) is 5.56 Å². The molecule has 0 saturated carbocycles. The first-order chi connectivity index (χ1) is 8.40. The molecule has 0 saturated heterocycles. The van der Waals surface area contributed by atoms with E-state index >= 15 is 0 Å². The third-order valence-corrected chi connectivity index (χ3v) is 2.76. The summed E-state index contributed by atoms with van der Waals surface area (Å²) >= 11 is 0. The molecule has 1 unspecified atom stereocenters. The lowest BCUT2D eigenvalue weighted by molar-refractivity contribution is 0.533. The minimum atomic E-state index is 0.247. The standard InChI is InChI=1S/C13H16N4/c1-14-12(13-10-16-8-9-17-13)3-2-11-4-6-15-7-5-11/h4-10,12,14H,2-3H2,1H3. The molecular formula is C13H16N4. The van der Waals surface area contributed by atoms with E-state index in [0.29, 0.717) is 0 Å². The van der Waals surface area contributed by atoms with Crippen molar-refractivity contribution < 1.29 is 0 Å². The molecule has 88 valence electrons. The van der Waals surface area contributed by atoms with Crippen LogP contribution in [0.2, 0.25) is 0 Å². The van der Waals surface area contributed by atoms with Crippen LogP contribution in [0.1, 0.15) is 23.7 Å². The monoisotopic (exact) mass is 228 g/mol. The Morgan fingerprint density at radius 1 is 1.12 bits per heavy atom. The second kappa shape index (κ2) is 6.06. The lowest BCUT2D eigenvalue weighted by atomic mass is 10.0. The average molecular weight is 228 g/mol. The Hall–Kier alpha value is -1.81. The third-order valence-electron chi connectivity index (χ3n) is 2.76. The van der Waals surface area contributed by atoms with E-state index in [1.54, 1.807) is 12.4 Å². The largest absolute Gasteiger partial charge is 0.312 e. The maximum absolute atomic E-state index is 4.32. The van der Waals surface area contributed by atoms with E-state index in [0.717, 1.165) is 18.5 Å². The highest BCUT2D eigenvalue weighted by Crippen LogP contribution is 2.15. The third kappa shape index (κ3) is 3.32. The minimum absolute atomic E-state index is 0.247. The molecule has 0 bridgehead atoms. The summed E-state index contributed by atoms with van der Waals surface area (Å²) in [5.74, 6) is 0. The van der Waals surface area contributed by atoms with Crippen LogP contribution in [-0.2, 0) is 6.42 Å². The van der Waals surface area contributed by atoms with Gasteiger partial charge < -0.3 is 5.32 Å². The Balaban J connectivity index is 1.97. The number of pyridine rings is 1. The zero-order chi connectivity index (χ0) is 11.9. The molecular weight excluding hydrogens is 212 g/mol. The van der Waals surface area contributed by atoms with Gasteiger partial charge in [0.2, 0.25) is 0 Å². The fourth-order valence-corrected chi connectivity index (χ4v) is 1.79. The number of nitrogens with one attached hydrogen (secondary N) is 1. The molecule has 4 nitrogen and oxygen atoms in total. The highest BCUT2D eigenvalue weighted by molar-refractivity contribution is 5.11. The van der Waals surface area contributed by atoms with Gasteiger partial charge in [0.1, 0.15) is 0 Å². The van der Waals surface area contributed by atoms with Crippen molar-refractivity contribution in [3.63, 3.8) is 0 Å². The van der Waals surface area contributed by atoms with Gasteiger partial charge in [-0.15, -0.1) is 0 Å². The number of nitrogens with zero attached hydrogens (tertiary/aromatic N) is 3. The van der Waals surface area contributed by atoms with E-state index in [4.69, 9.17) is 0 Å². The van der Waals surface area contributed by atoms with Gasteiger partial charge in [0.15, 0.2) is 0 Å². The van der Waals surface area contributed by atoms with E-state index < -0.39 is 0 Å². The predicted octanol–water partition coefficient (Wildman–Crippen LogP) is 1.76. The van der Waals surface area contributed by atoms with Gasteiger partial charge in [0.05, 0.1) is 11.7 Å². The summed E-state index contributed by atoms with van der Waals surface area (Å²) in [6.45, 7) is 0. The number of aromatic nitrogens is 3. The molecule has 2 rings (SSSR count). The van der Waals surface area contributed by atoms with Gasteiger partial charge in [-0.05, 0) is 37.6 Å². The minimum Gasteiger partial charge on any atom is -0.312 e. The molecule has 4 heteroatoms. The van der Waals surface area contributed by atoms with Crippen molar-refractivity contribution in [1.29, 1.82) is 0 Å². The van der Waals surface area contributed by atoms with Crippen LogP contribution in [0.25, 0.3) is 0 Å². The van der Waals surface area contributed by atoms with Crippen molar-refractivity contribution in [2.75, 3.05) is 7.05 Å². The molecule has 0 aromatic carbocycles. The van der Waals surface area contributed by atoms with Crippen LogP contribution in [0.4, 0.5) is 0 Å². The smallest absolute Gasteiger partial charge is 0.0756 e. The Bertz CT molecular complexity index is 430. The summed E-state index contributed by atoms with van der Waals surface area (Å²) in [5.41, 5.74) is 2.29. The van der Waals surface area contributed by atoms with Crippen LogP contribution in [0, 0.1) is 0 Å². The summed E-state index contributed by atoms with van der Waals surface area (Å²) in [5, 5.41) is 3.27. The molecule has 2 heterocycles.